The molecule has 0 spiro atoms. The lowest BCUT2D eigenvalue weighted by molar-refractivity contribution is -0.118. The van der Waals surface area contributed by atoms with Crippen molar-refractivity contribution in [3.8, 4) is 5.75 Å². The molecule has 1 heterocycles. The van der Waals surface area contributed by atoms with E-state index in [0.29, 0.717) is 6.42 Å². The van der Waals surface area contributed by atoms with E-state index in [4.69, 9.17) is 9.84 Å². The van der Waals surface area contributed by atoms with Crippen molar-refractivity contribution in [3.05, 3.63) is 23.8 Å². The van der Waals surface area contributed by atoms with E-state index in [1.807, 2.05) is 0 Å². The molecule has 1 aliphatic heterocycles. The minimum atomic E-state index is -1.16. The highest BCUT2D eigenvalue weighted by Crippen LogP contribution is 2.33. The lowest BCUT2D eigenvalue weighted by atomic mass is 10.2. The fourth-order valence-electron chi connectivity index (χ4n) is 2.04. The molecule has 2 N–H and O–H groups in total. The number of hydrogen-bond donors (Lipinski definition) is 2. The van der Waals surface area contributed by atoms with Gasteiger partial charge in [-0.25, -0.2) is 13.6 Å². The van der Waals surface area contributed by atoms with Crippen LogP contribution in [-0.2, 0) is 4.79 Å². The van der Waals surface area contributed by atoms with Crippen LogP contribution in [0.25, 0.3) is 0 Å². The summed E-state index contributed by atoms with van der Waals surface area (Å²) in [6.45, 7) is 0.417. The first-order valence-corrected chi connectivity index (χ1v) is 6.38. The van der Waals surface area contributed by atoms with Crippen LogP contribution in [0.5, 0.6) is 5.75 Å². The summed E-state index contributed by atoms with van der Waals surface area (Å²) < 4.78 is 31.9. The maximum absolute atomic E-state index is 13.4. The van der Waals surface area contributed by atoms with E-state index in [0.717, 1.165) is 12.1 Å². The van der Waals surface area contributed by atoms with Crippen molar-refractivity contribution >= 4 is 17.7 Å². The van der Waals surface area contributed by atoms with E-state index < -0.39 is 17.7 Å². The summed E-state index contributed by atoms with van der Waals surface area (Å²) in [6, 6.07) is 1.82. The highest BCUT2D eigenvalue weighted by Gasteiger charge is 2.25. The molecular formula is C13H14F2N2O4. The Morgan fingerprint density at radius 1 is 1.38 bits per heavy atom. The molecule has 114 valence electrons. The number of anilines is 1. The second-order valence-electron chi connectivity index (χ2n) is 4.46. The first kappa shape index (κ1) is 15.0. The largest absolute Gasteiger partial charge is 0.491 e. The Morgan fingerprint density at radius 2 is 2.10 bits per heavy atom. The zero-order valence-corrected chi connectivity index (χ0v) is 11.1. The monoisotopic (exact) mass is 300 g/mol. The van der Waals surface area contributed by atoms with Crippen LogP contribution in [0.15, 0.2) is 12.1 Å². The summed E-state index contributed by atoms with van der Waals surface area (Å²) in [4.78, 5) is 23.6. The van der Waals surface area contributed by atoms with Gasteiger partial charge in [0.05, 0.1) is 18.7 Å². The maximum Gasteiger partial charge on any atom is 0.404 e. The van der Waals surface area contributed by atoms with Crippen molar-refractivity contribution in [2.24, 2.45) is 0 Å². The summed E-state index contributed by atoms with van der Waals surface area (Å²) >= 11 is 0. The summed E-state index contributed by atoms with van der Waals surface area (Å²) in [5, 5.41) is 10.6. The van der Waals surface area contributed by atoms with Gasteiger partial charge in [-0.1, -0.05) is 0 Å². The quantitative estimate of drug-likeness (QED) is 0.830. The van der Waals surface area contributed by atoms with Gasteiger partial charge in [-0.05, 0) is 6.42 Å². The molecule has 0 saturated heterocycles. The van der Waals surface area contributed by atoms with Crippen LogP contribution in [0.1, 0.15) is 12.8 Å². The van der Waals surface area contributed by atoms with Gasteiger partial charge in [0.15, 0.2) is 11.6 Å². The fourth-order valence-corrected chi connectivity index (χ4v) is 2.04. The molecule has 1 aromatic carbocycles. The molecule has 1 aliphatic rings. The van der Waals surface area contributed by atoms with Gasteiger partial charge in [-0.2, -0.15) is 0 Å². The third-order valence-electron chi connectivity index (χ3n) is 3.00. The normalized spacial score (nSPS) is 14.2. The predicted molar refractivity (Wildman–Crippen MR) is 69.5 cm³/mol. The van der Waals surface area contributed by atoms with Crippen molar-refractivity contribution < 1.29 is 28.2 Å². The van der Waals surface area contributed by atoms with Crippen LogP contribution in [0, 0.1) is 11.6 Å². The van der Waals surface area contributed by atoms with Gasteiger partial charge >= 0.3 is 6.09 Å². The molecule has 0 fully saturated rings. The van der Waals surface area contributed by atoms with Crippen molar-refractivity contribution in [2.75, 3.05) is 24.6 Å². The smallest absolute Gasteiger partial charge is 0.404 e. The molecule has 0 saturated carbocycles. The molecule has 0 aromatic heterocycles. The van der Waals surface area contributed by atoms with Gasteiger partial charge < -0.3 is 20.1 Å². The zero-order valence-electron chi connectivity index (χ0n) is 11.1. The Bertz CT molecular complexity index is 565. The highest BCUT2D eigenvalue weighted by molar-refractivity contribution is 5.95. The fraction of sp³-hybridized carbons (Fsp3) is 0.385. The summed E-state index contributed by atoms with van der Waals surface area (Å²) in [7, 11) is 0. The lowest BCUT2D eigenvalue weighted by Crippen LogP contribution is -2.33. The van der Waals surface area contributed by atoms with Crippen molar-refractivity contribution in [1.29, 1.82) is 0 Å². The predicted octanol–water partition coefficient (Wildman–Crippen LogP) is 1.74. The number of benzene rings is 1. The maximum atomic E-state index is 13.4. The first-order valence-electron chi connectivity index (χ1n) is 6.38. The zero-order chi connectivity index (χ0) is 15.4. The van der Waals surface area contributed by atoms with Crippen molar-refractivity contribution in [2.45, 2.75) is 12.8 Å². The molecule has 0 aliphatic carbocycles. The topological polar surface area (TPSA) is 78.9 Å². The van der Waals surface area contributed by atoms with Gasteiger partial charge in [-0.3, -0.25) is 4.79 Å². The number of ether oxygens (including phenoxy) is 1. The Kier molecular flexibility index (Phi) is 4.56. The van der Waals surface area contributed by atoms with E-state index in [2.05, 4.69) is 5.32 Å². The molecule has 0 unspecified atom stereocenters. The molecule has 0 bridgehead atoms. The molecule has 6 nitrogen and oxygen atoms in total. The molecule has 8 heteroatoms. The van der Waals surface area contributed by atoms with E-state index in [9.17, 15) is 18.4 Å². The Morgan fingerprint density at radius 3 is 2.81 bits per heavy atom. The van der Waals surface area contributed by atoms with Gasteiger partial charge in [0.1, 0.15) is 5.75 Å². The summed E-state index contributed by atoms with van der Waals surface area (Å²) in [5.74, 6) is -2.29. The van der Waals surface area contributed by atoms with Crippen LogP contribution in [0.3, 0.4) is 0 Å². The number of halogens is 2. The lowest BCUT2D eigenvalue weighted by Gasteiger charge is -2.22. The van der Waals surface area contributed by atoms with Gasteiger partial charge in [0.2, 0.25) is 5.91 Å². The third kappa shape index (κ3) is 3.59. The van der Waals surface area contributed by atoms with E-state index >= 15 is 0 Å². The highest BCUT2D eigenvalue weighted by atomic mass is 19.2. The summed E-state index contributed by atoms with van der Waals surface area (Å²) in [5.41, 5.74) is 0.159. The second-order valence-corrected chi connectivity index (χ2v) is 4.46. The molecule has 2 amide bonds. The second kappa shape index (κ2) is 6.38. The van der Waals surface area contributed by atoms with Crippen LogP contribution in [0.4, 0.5) is 19.3 Å². The Balaban J connectivity index is 2.17. The Hall–Kier alpha value is -2.38. The van der Waals surface area contributed by atoms with Crippen LogP contribution < -0.4 is 15.0 Å². The van der Waals surface area contributed by atoms with E-state index in [1.165, 1.54) is 4.90 Å². The molecule has 21 heavy (non-hydrogen) atoms. The van der Waals surface area contributed by atoms with Crippen molar-refractivity contribution in [3.63, 3.8) is 0 Å². The van der Waals surface area contributed by atoms with Crippen LogP contribution in [0.2, 0.25) is 0 Å². The number of nitrogens with zero attached hydrogens (tertiary/aromatic N) is 1. The molecular weight excluding hydrogens is 286 g/mol. The first-order chi connectivity index (χ1) is 9.99. The number of fused-ring (bicyclic) bond motifs is 1. The molecule has 0 radical (unpaired) electrons. The average Bonchev–Trinajstić information content (AvgIpc) is 2.55. The van der Waals surface area contributed by atoms with Crippen LogP contribution in [-0.4, -0.2) is 36.8 Å². The number of carbonyl (C=O) groups is 2. The average molecular weight is 300 g/mol. The van der Waals surface area contributed by atoms with E-state index in [1.54, 1.807) is 0 Å². The van der Waals surface area contributed by atoms with Gasteiger partial charge in [0.25, 0.3) is 0 Å². The van der Waals surface area contributed by atoms with E-state index in [-0.39, 0.29) is 43.5 Å². The molecule has 1 aromatic rings. The third-order valence-corrected chi connectivity index (χ3v) is 3.00. The standard InChI is InChI=1S/C13H14F2N2O4/c14-8-6-10-11(7-9(8)15)21-5-2-12(18)17(10)4-1-3-16-13(19)20/h6-7,16H,1-5H2,(H,19,20). The molecule has 2 rings (SSSR count). The number of carboxylic acid groups (broad SMARTS) is 1. The van der Waals surface area contributed by atoms with Gasteiger partial charge in [0, 0.05) is 25.2 Å². The molecule has 0 atom stereocenters. The number of amides is 2. The van der Waals surface area contributed by atoms with Gasteiger partial charge in [-0.15, -0.1) is 0 Å². The number of hydrogen-bond acceptors (Lipinski definition) is 3. The van der Waals surface area contributed by atoms with Crippen LogP contribution >= 0.6 is 0 Å². The number of carbonyl (C=O) groups excluding carboxylic acids is 1. The minimum absolute atomic E-state index is 0.0841. The Labute approximate surface area is 119 Å². The number of rotatable bonds is 4. The van der Waals surface area contributed by atoms with Crippen molar-refractivity contribution in [1.82, 2.24) is 5.32 Å². The minimum Gasteiger partial charge on any atom is -0.491 e. The summed E-state index contributed by atoms with van der Waals surface area (Å²) in [6.07, 6.45) is -0.727. The number of nitrogens with one attached hydrogen (secondary N) is 1. The SMILES string of the molecule is O=C(O)NCCCN1C(=O)CCOc2cc(F)c(F)cc21.